The molecule has 0 radical (unpaired) electrons. The first kappa shape index (κ1) is 29.0. The molecule has 0 aromatic heterocycles. The third-order valence-corrected chi connectivity index (χ3v) is 9.76. The van der Waals surface area contributed by atoms with Crippen LogP contribution in [0.3, 0.4) is 0 Å². The van der Waals surface area contributed by atoms with Crippen molar-refractivity contribution in [3.8, 4) is 5.75 Å². The summed E-state index contributed by atoms with van der Waals surface area (Å²) < 4.78 is 39.1. The number of ether oxygens (including phenoxy) is 6. The van der Waals surface area contributed by atoms with Gasteiger partial charge in [-0.1, -0.05) is 39.0 Å². The molecule has 0 saturated heterocycles. The Morgan fingerprint density at radius 2 is 0.938 bits per heavy atom. The summed E-state index contributed by atoms with van der Waals surface area (Å²) in [6.07, 6.45) is 0. The van der Waals surface area contributed by atoms with E-state index in [1.165, 1.54) is 0 Å². The predicted molar refractivity (Wildman–Crippen MR) is 129 cm³/mol. The summed E-state index contributed by atoms with van der Waals surface area (Å²) in [5.74, 6) is 0.854. The zero-order chi connectivity index (χ0) is 23.5. The van der Waals surface area contributed by atoms with E-state index in [1.54, 1.807) is 0 Å². The maximum absolute atomic E-state index is 6.06. The van der Waals surface area contributed by atoms with Crippen LogP contribution in [0.4, 0.5) is 0 Å². The number of benzene rings is 1. The van der Waals surface area contributed by atoms with E-state index < -0.39 is 8.32 Å². The lowest BCUT2D eigenvalue weighted by Crippen LogP contribution is -2.41. The molecular formula is C24H44O7Si. The van der Waals surface area contributed by atoms with Crippen LogP contribution in [0, 0.1) is 0 Å². The normalized spacial score (nSPS) is 12.3. The summed E-state index contributed by atoms with van der Waals surface area (Å²) >= 11 is 0. The molecule has 32 heavy (non-hydrogen) atoms. The van der Waals surface area contributed by atoms with Gasteiger partial charge in [0.05, 0.1) is 72.7 Å². The van der Waals surface area contributed by atoms with Gasteiger partial charge in [0.15, 0.2) is 8.32 Å². The van der Waals surface area contributed by atoms with Gasteiger partial charge in [0.2, 0.25) is 0 Å². The van der Waals surface area contributed by atoms with Gasteiger partial charge < -0.3 is 32.8 Å². The second-order valence-corrected chi connectivity index (χ2v) is 13.6. The zero-order valence-corrected chi connectivity index (χ0v) is 21.7. The van der Waals surface area contributed by atoms with E-state index >= 15 is 0 Å². The second kappa shape index (κ2) is 17.5. The lowest BCUT2D eigenvalue weighted by atomic mass is 10.2. The molecule has 8 heteroatoms. The SMILES string of the molecule is CC(C)(C)[Si](C)(C)OCCOCCOCCOCCOCCOCCOc1ccccc1. The summed E-state index contributed by atoms with van der Waals surface area (Å²) in [7, 11) is -1.68. The molecule has 186 valence electrons. The highest BCUT2D eigenvalue weighted by Crippen LogP contribution is 2.36. The Hall–Kier alpha value is -1.00. The van der Waals surface area contributed by atoms with Crippen molar-refractivity contribution >= 4 is 8.32 Å². The summed E-state index contributed by atoms with van der Waals surface area (Å²) in [6.45, 7) is 17.9. The zero-order valence-electron chi connectivity index (χ0n) is 20.7. The lowest BCUT2D eigenvalue weighted by Gasteiger charge is -2.36. The molecule has 0 aliphatic heterocycles. The fraction of sp³-hybridized carbons (Fsp3) is 0.750. The highest BCUT2D eigenvalue weighted by atomic mass is 28.4. The largest absolute Gasteiger partial charge is 0.491 e. The summed E-state index contributed by atoms with van der Waals surface area (Å²) in [5.41, 5.74) is 0. The van der Waals surface area contributed by atoms with Crippen LogP contribution in [0.2, 0.25) is 18.1 Å². The van der Waals surface area contributed by atoms with Crippen LogP contribution < -0.4 is 4.74 Å². The molecule has 0 fully saturated rings. The van der Waals surface area contributed by atoms with Crippen molar-refractivity contribution in [1.82, 2.24) is 0 Å². The average molecular weight is 473 g/mol. The summed E-state index contributed by atoms with van der Waals surface area (Å²) in [4.78, 5) is 0. The summed E-state index contributed by atoms with van der Waals surface area (Å²) in [6, 6.07) is 9.70. The van der Waals surface area contributed by atoms with Crippen molar-refractivity contribution in [2.45, 2.75) is 38.9 Å². The molecule has 1 aromatic carbocycles. The van der Waals surface area contributed by atoms with E-state index in [0.717, 1.165) is 5.75 Å². The van der Waals surface area contributed by atoms with Crippen LogP contribution in [-0.2, 0) is 28.1 Å². The number of para-hydroxylation sites is 1. The molecule has 0 amide bonds. The van der Waals surface area contributed by atoms with Crippen LogP contribution >= 0.6 is 0 Å². The highest BCUT2D eigenvalue weighted by molar-refractivity contribution is 6.74. The first-order valence-electron chi connectivity index (χ1n) is 11.5. The van der Waals surface area contributed by atoms with Gasteiger partial charge in [-0.05, 0) is 30.3 Å². The second-order valence-electron chi connectivity index (χ2n) is 8.83. The van der Waals surface area contributed by atoms with E-state index in [1.807, 2.05) is 30.3 Å². The summed E-state index contributed by atoms with van der Waals surface area (Å²) in [5, 5.41) is 0.229. The number of hydrogen-bond donors (Lipinski definition) is 0. The molecule has 0 aliphatic carbocycles. The molecular weight excluding hydrogens is 428 g/mol. The van der Waals surface area contributed by atoms with Crippen molar-refractivity contribution in [2.24, 2.45) is 0 Å². The van der Waals surface area contributed by atoms with Crippen molar-refractivity contribution < 1.29 is 32.8 Å². The Kier molecular flexibility index (Phi) is 15.8. The fourth-order valence-electron chi connectivity index (χ4n) is 2.29. The van der Waals surface area contributed by atoms with E-state index in [9.17, 15) is 0 Å². The molecule has 0 atom stereocenters. The van der Waals surface area contributed by atoms with Crippen molar-refractivity contribution in [3.05, 3.63) is 30.3 Å². The van der Waals surface area contributed by atoms with Crippen LogP contribution in [-0.4, -0.2) is 87.6 Å². The van der Waals surface area contributed by atoms with Crippen LogP contribution in [0.1, 0.15) is 20.8 Å². The minimum absolute atomic E-state index is 0.229. The van der Waals surface area contributed by atoms with Gasteiger partial charge in [-0.15, -0.1) is 0 Å². The van der Waals surface area contributed by atoms with Crippen LogP contribution in [0.15, 0.2) is 30.3 Å². The molecule has 1 aromatic rings. The van der Waals surface area contributed by atoms with Gasteiger partial charge in [0.25, 0.3) is 0 Å². The molecule has 0 spiro atoms. The standard InChI is InChI=1S/C24H44O7Si/c1-24(2,3)32(4,5)31-22-20-29-18-16-27-14-12-25-11-13-26-15-17-28-19-21-30-23-9-7-6-8-10-23/h6-10H,11-22H2,1-5H3. The molecule has 0 bridgehead atoms. The molecule has 0 saturated carbocycles. The number of rotatable bonds is 20. The monoisotopic (exact) mass is 472 g/mol. The fourth-order valence-corrected chi connectivity index (χ4v) is 3.32. The Morgan fingerprint density at radius 3 is 1.34 bits per heavy atom. The van der Waals surface area contributed by atoms with E-state index in [4.69, 9.17) is 32.8 Å². The van der Waals surface area contributed by atoms with Crippen LogP contribution in [0.5, 0.6) is 5.75 Å². The first-order valence-corrected chi connectivity index (χ1v) is 14.4. The van der Waals surface area contributed by atoms with Crippen molar-refractivity contribution in [2.75, 3.05) is 79.3 Å². The molecule has 0 heterocycles. The Morgan fingerprint density at radius 1 is 0.562 bits per heavy atom. The first-order chi connectivity index (χ1) is 15.3. The van der Waals surface area contributed by atoms with Gasteiger partial charge in [-0.2, -0.15) is 0 Å². The van der Waals surface area contributed by atoms with Gasteiger partial charge in [0.1, 0.15) is 12.4 Å². The third kappa shape index (κ3) is 14.9. The minimum atomic E-state index is -1.68. The van der Waals surface area contributed by atoms with E-state index in [2.05, 4.69) is 33.9 Å². The molecule has 0 unspecified atom stereocenters. The average Bonchev–Trinajstić information content (AvgIpc) is 2.75. The predicted octanol–water partition coefficient (Wildman–Crippen LogP) is 4.17. The quantitative estimate of drug-likeness (QED) is 0.208. The molecule has 0 N–H and O–H groups in total. The van der Waals surface area contributed by atoms with Gasteiger partial charge >= 0.3 is 0 Å². The topological polar surface area (TPSA) is 64.6 Å². The maximum Gasteiger partial charge on any atom is 0.192 e. The minimum Gasteiger partial charge on any atom is -0.491 e. The highest BCUT2D eigenvalue weighted by Gasteiger charge is 2.36. The third-order valence-electron chi connectivity index (χ3n) is 5.22. The number of hydrogen-bond acceptors (Lipinski definition) is 7. The van der Waals surface area contributed by atoms with E-state index in [0.29, 0.717) is 79.3 Å². The molecule has 7 nitrogen and oxygen atoms in total. The van der Waals surface area contributed by atoms with Gasteiger partial charge in [-0.3, -0.25) is 0 Å². The van der Waals surface area contributed by atoms with Crippen LogP contribution in [0.25, 0.3) is 0 Å². The van der Waals surface area contributed by atoms with Crippen molar-refractivity contribution in [1.29, 1.82) is 0 Å². The molecule has 0 aliphatic rings. The Bertz CT molecular complexity index is 549. The van der Waals surface area contributed by atoms with Gasteiger partial charge in [-0.25, -0.2) is 0 Å². The van der Waals surface area contributed by atoms with Crippen molar-refractivity contribution in [3.63, 3.8) is 0 Å². The lowest BCUT2D eigenvalue weighted by molar-refractivity contribution is -0.0144. The van der Waals surface area contributed by atoms with Gasteiger partial charge in [0, 0.05) is 0 Å². The molecule has 1 rings (SSSR count). The van der Waals surface area contributed by atoms with E-state index in [-0.39, 0.29) is 5.04 Å². The Balaban J connectivity index is 1.74. The smallest absolute Gasteiger partial charge is 0.192 e. The maximum atomic E-state index is 6.06. The Labute approximate surface area is 195 Å².